The Morgan fingerprint density at radius 2 is 1.81 bits per heavy atom. The molecule has 1 aliphatic carbocycles. The predicted octanol–water partition coefficient (Wildman–Crippen LogP) is 2.38. The second-order valence-electron chi connectivity index (χ2n) is 6.95. The summed E-state index contributed by atoms with van der Waals surface area (Å²) in [6.45, 7) is 7.79. The molecule has 0 N–H and O–H groups in total. The zero-order valence-corrected chi connectivity index (χ0v) is 13.7. The first-order valence-electron chi connectivity index (χ1n) is 7.22. The first kappa shape index (κ1) is 14.6. The van der Waals surface area contributed by atoms with Crippen LogP contribution in [0.25, 0.3) is 0 Å². The SMILES string of the molecule is CC(=O)c1ccc(S(C)(=O)=O)c(N2C[C@H]3[C@H](C2)C3(C)C)c1. The molecule has 2 fully saturated rings. The molecule has 1 saturated carbocycles. The largest absolute Gasteiger partial charge is 0.370 e. The molecule has 4 nitrogen and oxygen atoms in total. The van der Waals surface area contributed by atoms with E-state index in [1.54, 1.807) is 18.2 Å². The highest BCUT2D eigenvalue weighted by atomic mass is 32.2. The maximum atomic E-state index is 12.0. The average molecular weight is 307 g/mol. The maximum Gasteiger partial charge on any atom is 0.177 e. The summed E-state index contributed by atoms with van der Waals surface area (Å²) < 4.78 is 24.0. The number of hydrogen-bond acceptors (Lipinski definition) is 4. The zero-order valence-electron chi connectivity index (χ0n) is 12.9. The van der Waals surface area contributed by atoms with Gasteiger partial charge < -0.3 is 4.90 Å². The number of fused-ring (bicyclic) bond motifs is 1. The van der Waals surface area contributed by atoms with Crippen molar-refractivity contribution >= 4 is 21.3 Å². The lowest BCUT2D eigenvalue weighted by Crippen LogP contribution is -2.27. The van der Waals surface area contributed by atoms with Gasteiger partial charge in [-0.3, -0.25) is 4.79 Å². The van der Waals surface area contributed by atoms with Crippen LogP contribution in [-0.4, -0.2) is 33.5 Å². The molecule has 1 aromatic carbocycles. The normalized spacial score (nSPS) is 26.6. The minimum absolute atomic E-state index is 0.0408. The van der Waals surface area contributed by atoms with Gasteiger partial charge in [-0.2, -0.15) is 0 Å². The summed E-state index contributed by atoms with van der Waals surface area (Å²) in [6.07, 6.45) is 1.22. The summed E-state index contributed by atoms with van der Waals surface area (Å²) in [5.41, 5.74) is 1.63. The third-order valence-corrected chi connectivity index (χ3v) is 6.37. The van der Waals surface area contributed by atoms with E-state index in [-0.39, 0.29) is 5.78 Å². The molecule has 3 rings (SSSR count). The van der Waals surface area contributed by atoms with Gasteiger partial charge in [-0.25, -0.2) is 8.42 Å². The Morgan fingerprint density at radius 3 is 2.29 bits per heavy atom. The Bertz CT molecular complexity index is 707. The number of benzene rings is 1. The van der Waals surface area contributed by atoms with Crippen molar-refractivity contribution in [3.05, 3.63) is 23.8 Å². The second-order valence-corrected chi connectivity index (χ2v) is 8.93. The van der Waals surface area contributed by atoms with Crippen LogP contribution in [0.2, 0.25) is 0 Å². The number of carbonyl (C=O) groups excluding carboxylic acids is 1. The van der Waals surface area contributed by atoms with Gasteiger partial charge in [0.15, 0.2) is 15.6 Å². The van der Waals surface area contributed by atoms with Crippen molar-refractivity contribution in [3.63, 3.8) is 0 Å². The third-order valence-electron chi connectivity index (χ3n) is 5.23. The smallest absolute Gasteiger partial charge is 0.177 e. The number of rotatable bonds is 3. The Morgan fingerprint density at radius 1 is 1.24 bits per heavy atom. The van der Waals surface area contributed by atoms with Crippen molar-refractivity contribution in [1.82, 2.24) is 0 Å². The summed E-state index contributed by atoms with van der Waals surface area (Å²) in [5, 5.41) is 0. The molecule has 0 bridgehead atoms. The van der Waals surface area contributed by atoms with Crippen LogP contribution in [0.1, 0.15) is 31.1 Å². The molecule has 5 heteroatoms. The van der Waals surface area contributed by atoms with E-state index in [4.69, 9.17) is 0 Å². The van der Waals surface area contributed by atoms with Crippen molar-refractivity contribution in [2.24, 2.45) is 17.3 Å². The topological polar surface area (TPSA) is 54.5 Å². The van der Waals surface area contributed by atoms with Gasteiger partial charge in [-0.1, -0.05) is 13.8 Å². The van der Waals surface area contributed by atoms with E-state index in [0.717, 1.165) is 13.1 Å². The van der Waals surface area contributed by atoms with Crippen molar-refractivity contribution in [3.8, 4) is 0 Å². The van der Waals surface area contributed by atoms with E-state index in [1.807, 2.05) is 0 Å². The summed E-state index contributed by atoms with van der Waals surface area (Å²) in [5.74, 6) is 1.22. The highest BCUT2D eigenvalue weighted by Crippen LogP contribution is 2.62. The number of nitrogens with zero attached hydrogens (tertiary/aromatic N) is 1. The fourth-order valence-corrected chi connectivity index (χ4v) is 4.51. The van der Waals surface area contributed by atoms with Gasteiger partial charge in [0.05, 0.1) is 10.6 Å². The van der Waals surface area contributed by atoms with Crippen LogP contribution in [0.5, 0.6) is 0 Å². The van der Waals surface area contributed by atoms with Gasteiger partial charge in [0, 0.05) is 24.9 Å². The number of piperidine rings is 1. The molecule has 1 heterocycles. The number of anilines is 1. The molecule has 0 unspecified atom stereocenters. The first-order chi connectivity index (χ1) is 9.62. The Balaban J connectivity index is 2.00. The van der Waals surface area contributed by atoms with Crippen LogP contribution in [0, 0.1) is 17.3 Å². The number of sulfone groups is 1. The van der Waals surface area contributed by atoms with E-state index < -0.39 is 9.84 Å². The summed E-state index contributed by atoms with van der Waals surface area (Å²) >= 11 is 0. The minimum atomic E-state index is -3.30. The van der Waals surface area contributed by atoms with Crippen LogP contribution >= 0.6 is 0 Å². The fraction of sp³-hybridized carbons (Fsp3) is 0.562. The van der Waals surface area contributed by atoms with Crippen LogP contribution in [0.3, 0.4) is 0 Å². The fourth-order valence-electron chi connectivity index (χ4n) is 3.63. The van der Waals surface area contributed by atoms with Crippen LogP contribution < -0.4 is 4.90 Å². The highest BCUT2D eigenvalue weighted by Gasteiger charge is 2.62. The van der Waals surface area contributed by atoms with Gasteiger partial charge in [-0.05, 0) is 42.4 Å². The molecule has 1 aromatic rings. The van der Waals surface area contributed by atoms with Crippen LogP contribution in [0.15, 0.2) is 23.1 Å². The lowest BCUT2D eigenvalue weighted by atomic mass is 10.1. The van der Waals surface area contributed by atoms with E-state index in [9.17, 15) is 13.2 Å². The van der Waals surface area contributed by atoms with Gasteiger partial charge in [0.1, 0.15) is 0 Å². The lowest BCUT2D eigenvalue weighted by molar-refractivity contribution is 0.101. The van der Waals surface area contributed by atoms with E-state index >= 15 is 0 Å². The average Bonchev–Trinajstić information content (AvgIpc) is 2.78. The standard InChI is InChI=1S/C16H21NO3S/c1-10(18)11-5-6-15(21(4,19)20)14(7-11)17-8-12-13(9-17)16(12,2)3/h5-7,12-13H,8-9H2,1-4H3/t12-,13-/m0/s1. The van der Waals surface area contributed by atoms with E-state index in [0.29, 0.717) is 33.4 Å². The highest BCUT2D eigenvalue weighted by molar-refractivity contribution is 7.90. The molecule has 114 valence electrons. The van der Waals surface area contributed by atoms with Crippen molar-refractivity contribution < 1.29 is 13.2 Å². The summed E-state index contributed by atoms with van der Waals surface area (Å²) in [7, 11) is -3.30. The Hall–Kier alpha value is -1.36. The third kappa shape index (κ3) is 2.27. The maximum absolute atomic E-state index is 12.0. The van der Waals surface area contributed by atoms with Crippen LogP contribution in [0.4, 0.5) is 5.69 Å². The predicted molar refractivity (Wildman–Crippen MR) is 82.5 cm³/mol. The molecule has 1 saturated heterocycles. The summed E-state index contributed by atoms with van der Waals surface area (Å²) in [4.78, 5) is 14.0. The molecule has 0 radical (unpaired) electrons. The molecule has 0 amide bonds. The number of ketones is 1. The molecular formula is C16H21NO3S. The van der Waals surface area contributed by atoms with Crippen molar-refractivity contribution in [2.75, 3.05) is 24.2 Å². The van der Waals surface area contributed by atoms with E-state index in [1.165, 1.54) is 13.2 Å². The van der Waals surface area contributed by atoms with Gasteiger partial charge >= 0.3 is 0 Å². The van der Waals surface area contributed by atoms with Crippen LogP contribution in [-0.2, 0) is 9.84 Å². The minimum Gasteiger partial charge on any atom is -0.370 e. The van der Waals surface area contributed by atoms with Gasteiger partial charge in [-0.15, -0.1) is 0 Å². The molecule has 2 aliphatic rings. The number of hydrogen-bond donors (Lipinski definition) is 0. The van der Waals surface area contributed by atoms with Gasteiger partial charge in [0.2, 0.25) is 0 Å². The molecule has 0 spiro atoms. The van der Waals surface area contributed by atoms with Crippen molar-refractivity contribution in [2.45, 2.75) is 25.7 Å². The Labute approximate surface area is 126 Å². The molecular weight excluding hydrogens is 286 g/mol. The Kier molecular flexibility index (Phi) is 3.00. The first-order valence-corrected chi connectivity index (χ1v) is 9.11. The number of carbonyl (C=O) groups is 1. The van der Waals surface area contributed by atoms with Gasteiger partial charge in [0.25, 0.3) is 0 Å². The molecule has 2 atom stereocenters. The second kappa shape index (κ2) is 4.32. The lowest BCUT2D eigenvalue weighted by Gasteiger charge is -2.26. The van der Waals surface area contributed by atoms with E-state index in [2.05, 4.69) is 18.7 Å². The quantitative estimate of drug-likeness (QED) is 0.805. The van der Waals surface area contributed by atoms with Crippen molar-refractivity contribution in [1.29, 1.82) is 0 Å². The number of Topliss-reactive ketones (excluding diaryl/α,β-unsaturated/α-hetero) is 1. The molecule has 0 aromatic heterocycles. The molecule has 1 aliphatic heterocycles. The zero-order chi connectivity index (χ0) is 15.6. The molecule has 21 heavy (non-hydrogen) atoms. The summed E-state index contributed by atoms with van der Waals surface area (Å²) in [6, 6.07) is 4.90. The monoisotopic (exact) mass is 307 g/mol.